The molecule has 0 spiro atoms. The second-order valence-corrected chi connectivity index (χ2v) is 3.40. The van der Waals surface area contributed by atoms with Crippen LogP contribution in [0.15, 0.2) is 18.2 Å². The number of nitro groups is 1. The van der Waals surface area contributed by atoms with Crippen molar-refractivity contribution in [3.05, 3.63) is 39.4 Å². The molecule has 7 heteroatoms. The fourth-order valence-electron chi connectivity index (χ4n) is 1.40. The maximum absolute atomic E-state index is 11.5. The number of rotatable bonds is 5. The van der Waals surface area contributed by atoms with Gasteiger partial charge in [-0.3, -0.25) is 14.9 Å². The lowest BCUT2D eigenvalue weighted by Crippen LogP contribution is -2.09. The molecule has 0 saturated carbocycles. The summed E-state index contributed by atoms with van der Waals surface area (Å²) in [6, 6.07) is 3.57. The summed E-state index contributed by atoms with van der Waals surface area (Å²) in [7, 11) is 0. The largest absolute Gasteiger partial charge is 0.481 e. The molecule has 0 amide bonds. The molecule has 96 valence electrons. The predicted molar refractivity (Wildman–Crippen MR) is 60.4 cm³/mol. The van der Waals surface area contributed by atoms with Crippen LogP contribution in [0, 0.1) is 10.1 Å². The average Bonchev–Trinajstić information content (AvgIpc) is 2.28. The molecule has 18 heavy (non-hydrogen) atoms. The van der Waals surface area contributed by atoms with Gasteiger partial charge in [0.1, 0.15) is 5.56 Å². The van der Waals surface area contributed by atoms with Gasteiger partial charge in [0.05, 0.1) is 18.0 Å². The number of carbonyl (C=O) groups is 2. The smallest absolute Gasteiger partial charge is 0.345 e. The number of carbonyl (C=O) groups excluding carboxylic acids is 1. The Bertz CT molecular complexity index is 496. The molecule has 0 heterocycles. The zero-order valence-electron chi connectivity index (χ0n) is 9.58. The number of esters is 1. The second kappa shape index (κ2) is 5.76. The third kappa shape index (κ3) is 3.27. The molecule has 0 unspecified atom stereocenters. The zero-order valence-corrected chi connectivity index (χ0v) is 9.58. The number of carboxylic acid groups (broad SMARTS) is 1. The van der Waals surface area contributed by atoms with E-state index in [1.807, 2.05) is 0 Å². The number of hydrogen-bond donors (Lipinski definition) is 1. The summed E-state index contributed by atoms with van der Waals surface area (Å²) < 4.78 is 4.69. The first-order chi connectivity index (χ1) is 8.45. The highest BCUT2D eigenvalue weighted by Crippen LogP contribution is 2.21. The molecule has 0 radical (unpaired) electrons. The van der Waals surface area contributed by atoms with Gasteiger partial charge in [0.25, 0.3) is 5.69 Å². The lowest BCUT2D eigenvalue weighted by atomic mass is 10.1. The van der Waals surface area contributed by atoms with Crippen molar-refractivity contribution < 1.29 is 24.4 Å². The Kier molecular flexibility index (Phi) is 4.36. The van der Waals surface area contributed by atoms with Crippen LogP contribution in [0.25, 0.3) is 0 Å². The molecule has 0 saturated heterocycles. The van der Waals surface area contributed by atoms with Crippen molar-refractivity contribution in [2.45, 2.75) is 13.3 Å². The molecule has 0 aromatic heterocycles. The van der Waals surface area contributed by atoms with Gasteiger partial charge in [-0.1, -0.05) is 6.07 Å². The number of hydrogen-bond acceptors (Lipinski definition) is 5. The van der Waals surface area contributed by atoms with Crippen molar-refractivity contribution in [2.24, 2.45) is 0 Å². The summed E-state index contributed by atoms with van der Waals surface area (Å²) in [4.78, 5) is 32.1. The molecule has 1 aromatic carbocycles. The number of nitro benzene ring substituents is 1. The Morgan fingerprint density at radius 1 is 1.44 bits per heavy atom. The molecule has 0 aliphatic rings. The number of aliphatic carboxylic acids is 1. The topological polar surface area (TPSA) is 107 Å². The molecule has 0 aliphatic carbocycles. The van der Waals surface area contributed by atoms with E-state index < -0.39 is 22.5 Å². The molecule has 0 bridgehead atoms. The molecule has 0 fully saturated rings. The van der Waals surface area contributed by atoms with Crippen LogP contribution < -0.4 is 0 Å². The fraction of sp³-hybridized carbons (Fsp3) is 0.273. The first-order valence-corrected chi connectivity index (χ1v) is 5.12. The third-order valence-electron chi connectivity index (χ3n) is 2.11. The van der Waals surface area contributed by atoms with Gasteiger partial charge in [0.2, 0.25) is 0 Å². The van der Waals surface area contributed by atoms with Crippen molar-refractivity contribution in [3.8, 4) is 0 Å². The van der Waals surface area contributed by atoms with E-state index in [1.54, 1.807) is 6.92 Å². The van der Waals surface area contributed by atoms with Crippen LogP contribution in [0.1, 0.15) is 22.8 Å². The van der Waals surface area contributed by atoms with Crippen molar-refractivity contribution in [1.82, 2.24) is 0 Å². The van der Waals surface area contributed by atoms with E-state index in [0.717, 1.165) is 6.07 Å². The highest BCUT2D eigenvalue weighted by molar-refractivity contribution is 5.94. The molecule has 7 nitrogen and oxygen atoms in total. The molecule has 0 atom stereocenters. The molecule has 1 N–H and O–H groups in total. The normalized spacial score (nSPS) is 9.83. The van der Waals surface area contributed by atoms with Crippen molar-refractivity contribution in [1.29, 1.82) is 0 Å². The SMILES string of the molecule is CCOC(=O)c1cc(CC(=O)O)ccc1[N+](=O)[O-]. The second-order valence-electron chi connectivity index (χ2n) is 3.40. The summed E-state index contributed by atoms with van der Waals surface area (Å²) in [6.45, 7) is 1.66. The van der Waals surface area contributed by atoms with Crippen LogP contribution in [0.3, 0.4) is 0 Å². The van der Waals surface area contributed by atoms with Crippen LogP contribution in [0.2, 0.25) is 0 Å². The minimum atomic E-state index is -1.08. The van der Waals surface area contributed by atoms with Crippen LogP contribution in [-0.4, -0.2) is 28.6 Å². The van der Waals surface area contributed by atoms with Crippen molar-refractivity contribution in [2.75, 3.05) is 6.61 Å². The van der Waals surface area contributed by atoms with E-state index in [1.165, 1.54) is 12.1 Å². The van der Waals surface area contributed by atoms with Crippen LogP contribution in [0.4, 0.5) is 5.69 Å². The Balaban J connectivity index is 3.19. The number of nitrogens with zero attached hydrogens (tertiary/aromatic N) is 1. The maximum Gasteiger partial charge on any atom is 0.345 e. The Morgan fingerprint density at radius 3 is 2.61 bits per heavy atom. The average molecular weight is 253 g/mol. The lowest BCUT2D eigenvalue weighted by molar-refractivity contribution is -0.385. The van der Waals surface area contributed by atoms with Gasteiger partial charge in [-0.25, -0.2) is 4.79 Å². The highest BCUT2D eigenvalue weighted by Gasteiger charge is 2.22. The van der Waals surface area contributed by atoms with E-state index in [-0.39, 0.29) is 18.6 Å². The van der Waals surface area contributed by atoms with Crippen LogP contribution >= 0.6 is 0 Å². The number of benzene rings is 1. The van der Waals surface area contributed by atoms with Crippen LogP contribution in [-0.2, 0) is 16.0 Å². The minimum Gasteiger partial charge on any atom is -0.481 e. The maximum atomic E-state index is 11.5. The summed E-state index contributed by atoms with van der Waals surface area (Å²) in [5.41, 5.74) is -0.334. The molecular formula is C11H11NO6. The van der Waals surface area contributed by atoms with Gasteiger partial charge in [-0.15, -0.1) is 0 Å². The minimum absolute atomic E-state index is 0.0825. The van der Waals surface area contributed by atoms with Crippen molar-refractivity contribution in [3.63, 3.8) is 0 Å². The summed E-state index contributed by atoms with van der Waals surface area (Å²) >= 11 is 0. The van der Waals surface area contributed by atoms with E-state index in [0.29, 0.717) is 5.56 Å². The summed E-state index contributed by atoms with van der Waals surface area (Å²) in [5, 5.41) is 19.4. The predicted octanol–water partition coefficient (Wildman–Crippen LogP) is 1.40. The van der Waals surface area contributed by atoms with Gasteiger partial charge in [0, 0.05) is 6.07 Å². The molecule has 0 aliphatic heterocycles. The monoisotopic (exact) mass is 253 g/mol. The fourth-order valence-corrected chi connectivity index (χ4v) is 1.40. The number of ether oxygens (including phenoxy) is 1. The first-order valence-electron chi connectivity index (χ1n) is 5.12. The Hall–Kier alpha value is -2.44. The third-order valence-corrected chi connectivity index (χ3v) is 2.11. The number of carboxylic acids is 1. The zero-order chi connectivity index (χ0) is 13.7. The van der Waals surface area contributed by atoms with Crippen molar-refractivity contribution >= 4 is 17.6 Å². The van der Waals surface area contributed by atoms with Crippen LogP contribution in [0.5, 0.6) is 0 Å². The van der Waals surface area contributed by atoms with Gasteiger partial charge in [-0.05, 0) is 18.6 Å². The molecular weight excluding hydrogens is 242 g/mol. The lowest BCUT2D eigenvalue weighted by Gasteiger charge is -2.04. The standard InChI is InChI=1S/C11H11NO6/c1-2-18-11(15)8-5-7(6-10(13)14)3-4-9(8)12(16)17/h3-5H,2,6H2,1H3,(H,13,14). The summed E-state index contributed by atoms with van der Waals surface area (Å²) in [5.74, 6) is -1.92. The quantitative estimate of drug-likeness (QED) is 0.482. The van der Waals surface area contributed by atoms with E-state index in [4.69, 9.17) is 5.11 Å². The van der Waals surface area contributed by atoms with Gasteiger partial charge < -0.3 is 9.84 Å². The first kappa shape index (κ1) is 13.6. The van der Waals surface area contributed by atoms with E-state index in [2.05, 4.69) is 4.74 Å². The van der Waals surface area contributed by atoms with E-state index >= 15 is 0 Å². The Morgan fingerprint density at radius 2 is 2.11 bits per heavy atom. The van der Waals surface area contributed by atoms with Gasteiger partial charge in [0.15, 0.2) is 0 Å². The summed E-state index contributed by atoms with van der Waals surface area (Å²) in [6.07, 6.45) is -0.315. The van der Waals surface area contributed by atoms with E-state index in [9.17, 15) is 19.7 Å². The molecule has 1 aromatic rings. The Labute approximate surface area is 102 Å². The van der Waals surface area contributed by atoms with Gasteiger partial charge in [-0.2, -0.15) is 0 Å². The highest BCUT2D eigenvalue weighted by atomic mass is 16.6. The molecule has 1 rings (SSSR count). The van der Waals surface area contributed by atoms with Gasteiger partial charge >= 0.3 is 11.9 Å².